The van der Waals surface area contributed by atoms with Crippen LogP contribution in [0, 0.1) is 23.2 Å². The summed E-state index contributed by atoms with van der Waals surface area (Å²) in [5.41, 5.74) is 1.09. The Bertz CT molecular complexity index is 765. The molecule has 1 unspecified atom stereocenters. The maximum atomic E-state index is 12.7. The fourth-order valence-electron chi connectivity index (χ4n) is 6.21. The van der Waals surface area contributed by atoms with E-state index in [4.69, 9.17) is 9.16 Å². The van der Waals surface area contributed by atoms with Gasteiger partial charge in [-0.25, -0.2) is 4.79 Å². The highest BCUT2D eigenvalue weighted by atomic mass is 79.9. The molecule has 3 rings (SSSR count). The first-order valence-electron chi connectivity index (χ1n) is 12.2. The fourth-order valence-corrected chi connectivity index (χ4v) is 8.27. The number of hydrogen-bond acceptors (Lipinski definition) is 3. The minimum Gasteiger partial charge on any atom is -0.429 e. The number of halogens is 1. The van der Waals surface area contributed by atoms with Crippen LogP contribution in [0.2, 0.25) is 18.1 Å². The van der Waals surface area contributed by atoms with Crippen LogP contribution in [0.25, 0.3) is 0 Å². The monoisotopic (exact) mass is 510 g/mol. The van der Waals surface area contributed by atoms with Crippen molar-refractivity contribution in [2.24, 2.45) is 23.2 Å². The lowest BCUT2D eigenvalue weighted by atomic mass is 9.61. The van der Waals surface area contributed by atoms with Crippen LogP contribution in [-0.4, -0.2) is 19.9 Å². The van der Waals surface area contributed by atoms with E-state index in [2.05, 4.69) is 68.6 Å². The van der Waals surface area contributed by atoms with Crippen LogP contribution >= 0.6 is 15.9 Å². The van der Waals surface area contributed by atoms with Gasteiger partial charge in [0.15, 0.2) is 13.9 Å². The third kappa shape index (κ3) is 4.79. The Morgan fingerprint density at radius 1 is 1.32 bits per heavy atom. The highest BCUT2D eigenvalue weighted by Gasteiger charge is 2.51. The van der Waals surface area contributed by atoms with Crippen molar-refractivity contribution in [1.82, 2.24) is 0 Å². The van der Waals surface area contributed by atoms with Gasteiger partial charge in [-0.05, 0) is 97.8 Å². The highest BCUT2D eigenvalue weighted by molar-refractivity contribution is 9.11. The predicted octanol–water partition coefficient (Wildman–Crippen LogP) is 8.12. The molecule has 3 aliphatic rings. The molecule has 1 aliphatic heterocycles. The summed E-state index contributed by atoms with van der Waals surface area (Å²) in [5, 5.41) is 0.0538. The topological polar surface area (TPSA) is 35.5 Å². The minimum absolute atomic E-state index is 0.0538. The van der Waals surface area contributed by atoms with Gasteiger partial charge in [-0.15, -0.1) is 0 Å². The molecular weight excluding hydrogens is 468 g/mol. The molecule has 0 saturated heterocycles. The summed E-state index contributed by atoms with van der Waals surface area (Å²) in [7, 11) is -2.07. The maximum absolute atomic E-state index is 12.7. The average Bonchev–Trinajstić information content (AvgIpc) is 3.14. The second kappa shape index (κ2) is 8.75. The van der Waals surface area contributed by atoms with Crippen molar-refractivity contribution in [3.8, 4) is 0 Å². The van der Waals surface area contributed by atoms with E-state index < -0.39 is 13.9 Å². The zero-order valence-corrected chi connectivity index (χ0v) is 23.5. The molecule has 176 valence electrons. The van der Waals surface area contributed by atoms with Crippen molar-refractivity contribution in [2.75, 3.05) is 0 Å². The van der Waals surface area contributed by atoms with E-state index in [9.17, 15) is 4.79 Å². The SMILES string of the molecule is C[C@H](CCC1=C[C@@](C)(O[Si](C)(C)C(C)(C)C)C(=O)O1)[C@H]1CCC2C(=CBr)CCC[C@]21C. The molecule has 0 bridgehead atoms. The van der Waals surface area contributed by atoms with Gasteiger partial charge in [-0.3, -0.25) is 0 Å². The Balaban J connectivity index is 1.65. The molecule has 31 heavy (non-hydrogen) atoms. The molecule has 0 radical (unpaired) electrons. The number of allylic oxidation sites excluding steroid dienone is 2. The number of cyclic esters (lactones) is 1. The van der Waals surface area contributed by atoms with E-state index in [1.54, 1.807) is 5.57 Å². The van der Waals surface area contributed by atoms with Crippen LogP contribution in [0.3, 0.4) is 0 Å². The summed E-state index contributed by atoms with van der Waals surface area (Å²) in [6.45, 7) is 17.8. The molecule has 2 fully saturated rings. The quantitative estimate of drug-likeness (QED) is 0.267. The minimum atomic E-state index is -2.07. The first-order valence-corrected chi connectivity index (χ1v) is 16.0. The highest BCUT2D eigenvalue weighted by Crippen LogP contribution is 2.60. The van der Waals surface area contributed by atoms with Gasteiger partial charge in [0.05, 0.1) is 0 Å². The number of ether oxygens (including phenoxy) is 1. The number of fused-ring (bicyclic) bond motifs is 1. The molecule has 2 saturated carbocycles. The molecule has 0 aromatic carbocycles. The maximum Gasteiger partial charge on any atom is 0.346 e. The van der Waals surface area contributed by atoms with Crippen LogP contribution in [0.1, 0.15) is 86.5 Å². The van der Waals surface area contributed by atoms with Gasteiger partial charge in [0.25, 0.3) is 0 Å². The molecular formula is C26H43BrO3Si. The summed E-state index contributed by atoms with van der Waals surface area (Å²) in [6.07, 6.45) is 10.4. The second-order valence-corrected chi connectivity index (χ2v) is 17.4. The molecule has 0 aromatic rings. The molecule has 0 amide bonds. The van der Waals surface area contributed by atoms with Crippen LogP contribution in [-0.2, 0) is 14.0 Å². The largest absolute Gasteiger partial charge is 0.429 e. The third-order valence-electron chi connectivity index (χ3n) is 9.05. The van der Waals surface area contributed by atoms with Gasteiger partial charge in [0.1, 0.15) is 5.76 Å². The van der Waals surface area contributed by atoms with Gasteiger partial charge in [-0.1, -0.05) is 56.1 Å². The molecule has 3 nitrogen and oxygen atoms in total. The van der Waals surface area contributed by atoms with Crippen molar-refractivity contribution in [2.45, 2.75) is 110 Å². The van der Waals surface area contributed by atoms with E-state index in [0.29, 0.717) is 11.3 Å². The van der Waals surface area contributed by atoms with Crippen molar-refractivity contribution >= 4 is 30.2 Å². The van der Waals surface area contributed by atoms with Gasteiger partial charge in [0.2, 0.25) is 0 Å². The van der Waals surface area contributed by atoms with Gasteiger partial charge in [0, 0.05) is 6.42 Å². The fraction of sp³-hybridized carbons (Fsp3) is 0.808. The van der Waals surface area contributed by atoms with E-state index in [-0.39, 0.29) is 11.0 Å². The van der Waals surface area contributed by atoms with E-state index in [1.165, 1.54) is 32.1 Å². The Morgan fingerprint density at radius 3 is 2.61 bits per heavy atom. The Hall–Kier alpha value is -0.393. The number of carbonyl (C=O) groups is 1. The second-order valence-electron chi connectivity index (χ2n) is 12.3. The normalized spacial score (nSPS) is 36.4. The van der Waals surface area contributed by atoms with Crippen molar-refractivity contribution in [3.05, 3.63) is 22.4 Å². The standard InChI is InChI=1S/C26H43BrO3Si/c1-18(21-13-14-22-19(17-27)10-9-15-25(21,22)5)11-12-20-16-26(6,23(28)29-20)30-31(7,8)24(2,3)4/h16-18,21-22H,9-15H2,1-8H3/t18-,21-,22?,25+,26-/m1/s1. The summed E-state index contributed by atoms with van der Waals surface area (Å²) in [4.78, 5) is 14.9. The van der Waals surface area contributed by atoms with Gasteiger partial charge >= 0.3 is 5.97 Å². The van der Waals surface area contributed by atoms with Crippen LogP contribution < -0.4 is 0 Å². The van der Waals surface area contributed by atoms with Crippen LogP contribution in [0.15, 0.2) is 22.4 Å². The predicted molar refractivity (Wildman–Crippen MR) is 134 cm³/mol. The Morgan fingerprint density at radius 2 is 2.00 bits per heavy atom. The Labute approximate surface area is 199 Å². The summed E-state index contributed by atoms with van der Waals surface area (Å²) < 4.78 is 12.2. The average molecular weight is 512 g/mol. The molecule has 5 heteroatoms. The van der Waals surface area contributed by atoms with Gasteiger partial charge in [-0.2, -0.15) is 0 Å². The summed E-state index contributed by atoms with van der Waals surface area (Å²) in [5.74, 6) is 2.66. The lowest BCUT2D eigenvalue weighted by molar-refractivity contribution is -0.149. The Kier molecular flexibility index (Phi) is 7.13. The number of esters is 1. The smallest absolute Gasteiger partial charge is 0.346 e. The number of rotatable bonds is 6. The molecule has 2 aliphatic carbocycles. The summed E-state index contributed by atoms with van der Waals surface area (Å²) in [6, 6.07) is 0. The van der Waals surface area contributed by atoms with Crippen LogP contribution in [0.4, 0.5) is 0 Å². The van der Waals surface area contributed by atoms with E-state index in [0.717, 1.165) is 30.4 Å². The van der Waals surface area contributed by atoms with E-state index in [1.807, 2.05) is 13.0 Å². The third-order valence-corrected chi connectivity index (χ3v) is 14.2. The molecule has 5 atom stereocenters. The first-order chi connectivity index (χ1) is 14.2. The zero-order chi connectivity index (χ0) is 23.2. The van der Waals surface area contributed by atoms with Crippen molar-refractivity contribution in [1.29, 1.82) is 0 Å². The number of carbonyl (C=O) groups excluding carboxylic acids is 1. The van der Waals surface area contributed by atoms with Crippen molar-refractivity contribution < 1.29 is 14.0 Å². The van der Waals surface area contributed by atoms with Crippen molar-refractivity contribution in [3.63, 3.8) is 0 Å². The molecule has 0 N–H and O–H groups in total. The summed E-state index contributed by atoms with van der Waals surface area (Å²) >= 11 is 3.63. The molecule has 0 aromatic heterocycles. The van der Waals surface area contributed by atoms with Gasteiger partial charge < -0.3 is 9.16 Å². The lowest BCUT2D eigenvalue weighted by Crippen LogP contribution is -2.50. The zero-order valence-electron chi connectivity index (χ0n) is 20.9. The number of hydrogen-bond donors (Lipinski definition) is 0. The molecule has 0 spiro atoms. The van der Waals surface area contributed by atoms with E-state index >= 15 is 0 Å². The lowest BCUT2D eigenvalue weighted by Gasteiger charge is -2.44. The van der Waals surface area contributed by atoms with Crippen LogP contribution in [0.5, 0.6) is 0 Å². The molecule has 1 heterocycles. The first kappa shape index (κ1) is 25.2.